The summed E-state index contributed by atoms with van der Waals surface area (Å²) in [6.07, 6.45) is 6.79. The predicted octanol–water partition coefficient (Wildman–Crippen LogP) is 3.39. The van der Waals surface area contributed by atoms with Gasteiger partial charge in [-0.15, -0.1) is 0 Å². The molecule has 6 heteroatoms. The van der Waals surface area contributed by atoms with Crippen molar-refractivity contribution in [1.29, 1.82) is 0 Å². The molecule has 0 aliphatic carbocycles. The van der Waals surface area contributed by atoms with Gasteiger partial charge in [0.1, 0.15) is 6.61 Å². The van der Waals surface area contributed by atoms with Crippen LogP contribution in [0.3, 0.4) is 0 Å². The fourth-order valence-corrected chi connectivity index (χ4v) is 2.31. The number of benzene rings is 1. The van der Waals surface area contributed by atoms with Crippen molar-refractivity contribution >= 4 is 11.9 Å². The van der Waals surface area contributed by atoms with Crippen LogP contribution in [0.2, 0.25) is 0 Å². The highest BCUT2D eigenvalue weighted by molar-refractivity contribution is 6.07. The number of rotatable bonds is 9. The molecule has 6 nitrogen and oxygen atoms in total. The monoisotopic (exact) mass is 344 g/mol. The number of nitrogens with zero attached hydrogens (tertiary/aromatic N) is 2. The predicted molar refractivity (Wildman–Crippen MR) is 96.3 cm³/mol. The zero-order valence-corrected chi connectivity index (χ0v) is 15.1. The van der Waals surface area contributed by atoms with E-state index in [-0.39, 0.29) is 11.8 Å². The third-order valence-corrected chi connectivity index (χ3v) is 3.65. The zero-order valence-electron chi connectivity index (χ0n) is 15.1. The molecule has 0 radical (unpaired) electrons. The maximum Gasteiger partial charge on any atom is 0.186 e. The zero-order chi connectivity index (χ0) is 18.2. The van der Waals surface area contributed by atoms with Crippen LogP contribution < -0.4 is 9.47 Å². The number of ether oxygens (including phenoxy) is 3. The molecule has 0 fully saturated rings. The Morgan fingerprint density at radius 3 is 2.72 bits per heavy atom. The average molecular weight is 344 g/mol. The molecule has 0 spiro atoms. The summed E-state index contributed by atoms with van der Waals surface area (Å²) in [6, 6.07) is 5.40. The van der Waals surface area contributed by atoms with Crippen LogP contribution >= 0.6 is 0 Å². The highest BCUT2D eigenvalue weighted by Crippen LogP contribution is 2.28. The molecule has 1 heterocycles. The second kappa shape index (κ2) is 9.03. The minimum absolute atomic E-state index is 0.113. The van der Waals surface area contributed by atoms with Crippen molar-refractivity contribution in [1.82, 2.24) is 9.55 Å². The second-order valence-corrected chi connectivity index (χ2v) is 5.72. The number of hydrogen-bond donors (Lipinski definition) is 0. The van der Waals surface area contributed by atoms with Gasteiger partial charge >= 0.3 is 0 Å². The molecule has 0 aliphatic rings. The molecule has 1 aromatic carbocycles. The summed E-state index contributed by atoms with van der Waals surface area (Å²) in [5.41, 5.74) is 1.41. The highest BCUT2D eigenvalue weighted by atomic mass is 16.5. The van der Waals surface area contributed by atoms with Crippen LogP contribution in [0.5, 0.6) is 11.5 Å². The Balaban J connectivity index is 2.13. The Kier molecular flexibility index (Phi) is 6.77. The lowest BCUT2D eigenvalue weighted by Crippen LogP contribution is -2.06. The van der Waals surface area contributed by atoms with Gasteiger partial charge in [0, 0.05) is 18.7 Å². The van der Waals surface area contributed by atoms with Crippen LogP contribution in [-0.4, -0.2) is 42.8 Å². The summed E-state index contributed by atoms with van der Waals surface area (Å²) in [7, 11) is 3.16. The number of aromatic nitrogens is 2. The van der Waals surface area contributed by atoms with Gasteiger partial charge in [0.2, 0.25) is 0 Å². The molecule has 0 unspecified atom stereocenters. The number of hydrogen-bond acceptors (Lipinski definition) is 5. The lowest BCUT2D eigenvalue weighted by molar-refractivity contribution is 0.104. The molecule has 1 aromatic heterocycles. The minimum atomic E-state index is -0.113. The number of ketones is 1. The Morgan fingerprint density at radius 2 is 2.04 bits per heavy atom. The van der Waals surface area contributed by atoms with Crippen molar-refractivity contribution in [2.24, 2.45) is 0 Å². The molecule has 0 bridgehead atoms. The summed E-state index contributed by atoms with van der Waals surface area (Å²) < 4.78 is 17.8. The van der Waals surface area contributed by atoms with Gasteiger partial charge in [-0.05, 0) is 44.2 Å². The topological polar surface area (TPSA) is 62.6 Å². The van der Waals surface area contributed by atoms with Gasteiger partial charge in [-0.1, -0.05) is 0 Å². The van der Waals surface area contributed by atoms with Crippen molar-refractivity contribution in [3.63, 3.8) is 0 Å². The van der Waals surface area contributed by atoms with E-state index in [1.165, 1.54) is 6.08 Å². The molecule has 25 heavy (non-hydrogen) atoms. The van der Waals surface area contributed by atoms with Crippen LogP contribution in [0.25, 0.3) is 6.08 Å². The molecule has 0 N–H and O–H groups in total. The van der Waals surface area contributed by atoms with Gasteiger partial charge in [0.25, 0.3) is 0 Å². The Hall–Kier alpha value is -2.60. The molecule has 0 amide bonds. The third kappa shape index (κ3) is 4.93. The van der Waals surface area contributed by atoms with Crippen molar-refractivity contribution in [2.75, 3.05) is 27.4 Å². The molecule has 0 saturated heterocycles. The number of allylic oxidation sites excluding steroid dienone is 1. The average Bonchev–Trinajstić information content (AvgIpc) is 3.09. The van der Waals surface area contributed by atoms with E-state index in [1.807, 2.05) is 4.57 Å². The molecule has 2 rings (SSSR count). The first-order valence-electron chi connectivity index (χ1n) is 8.10. The molecule has 134 valence electrons. The lowest BCUT2D eigenvalue weighted by Gasteiger charge is -2.11. The maximum absolute atomic E-state index is 12.4. The van der Waals surface area contributed by atoms with Crippen molar-refractivity contribution in [3.8, 4) is 11.5 Å². The van der Waals surface area contributed by atoms with E-state index in [0.717, 1.165) is 5.69 Å². The van der Waals surface area contributed by atoms with Gasteiger partial charge in [0.15, 0.2) is 17.3 Å². The largest absolute Gasteiger partial charge is 0.493 e. The third-order valence-electron chi connectivity index (χ3n) is 3.65. The van der Waals surface area contributed by atoms with Gasteiger partial charge in [0.05, 0.1) is 31.9 Å². The lowest BCUT2D eigenvalue weighted by atomic mass is 10.1. The van der Waals surface area contributed by atoms with Crippen molar-refractivity contribution in [3.05, 3.63) is 48.1 Å². The molecular weight excluding hydrogens is 320 g/mol. The van der Waals surface area contributed by atoms with E-state index in [9.17, 15) is 4.79 Å². The molecule has 0 atom stereocenters. The van der Waals surface area contributed by atoms with E-state index >= 15 is 0 Å². The fourth-order valence-electron chi connectivity index (χ4n) is 2.31. The van der Waals surface area contributed by atoms with E-state index < -0.39 is 0 Å². The summed E-state index contributed by atoms with van der Waals surface area (Å²) >= 11 is 0. The first-order chi connectivity index (χ1) is 12.1. The second-order valence-electron chi connectivity index (χ2n) is 5.72. The Bertz CT molecular complexity index is 735. The normalized spacial score (nSPS) is 11.2. The van der Waals surface area contributed by atoms with E-state index in [1.54, 1.807) is 51.0 Å². The van der Waals surface area contributed by atoms with E-state index in [4.69, 9.17) is 14.2 Å². The Morgan fingerprint density at radius 1 is 1.24 bits per heavy atom. The van der Waals surface area contributed by atoms with Gasteiger partial charge in [-0.2, -0.15) is 0 Å². The number of carbonyl (C=O) groups is 1. The van der Waals surface area contributed by atoms with Crippen LogP contribution in [-0.2, 0) is 4.74 Å². The molecular formula is C19H24N2O4. The molecule has 2 aromatic rings. The van der Waals surface area contributed by atoms with Crippen LogP contribution in [0.1, 0.15) is 35.9 Å². The smallest absolute Gasteiger partial charge is 0.186 e. The first kappa shape index (κ1) is 18.7. The maximum atomic E-state index is 12.4. The van der Waals surface area contributed by atoms with Crippen LogP contribution in [0.15, 0.2) is 36.8 Å². The van der Waals surface area contributed by atoms with E-state index in [0.29, 0.717) is 30.3 Å². The fraction of sp³-hybridized carbons (Fsp3) is 0.368. The number of carbonyl (C=O) groups excluding carboxylic acids is 1. The summed E-state index contributed by atoms with van der Waals surface area (Å²) in [5.74, 6) is 0.985. The van der Waals surface area contributed by atoms with Gasteiger partial charge in [-0.3, -0.25) is 4.79 Å². The summed E-state index contributed by atoms with van der Waals surface area (Å²) in [4.78, 5) is 16.6. The quantitative estimate of drug-likeness (QED) is 0.396. The molecule has 0 saturated carbocycles. The SMILES string of the molecule is COCCOc1ccc(C(=O)/C=C/c2cncn2C(C)C)cc1OC. The van der Waals surface area contributed by atoms with Gasteiger partial charge in [-0.25, -0.2) is 4.98 Å². The van der Waals surface area contributed by atoms with Crippen LogP contribution in [0, 0.1) is 0 Å². The van der Waals surface area contributed by atoms with Crippen molar-refractivity contribution < 1.29 is 19.0 Å². The Labute approximate surface area is 148 Å². The van der Waals surface area contributed by atoms with E-state index in [2.05, 4.69) is 18.8 Å². The minimum Gasteiger partial charge on any atom is -0.493 e. The number of imidazole rings is 1. The van der Waals surface area contributed by atoms with Crippen molar-refractivity contribution in [2.45, 2.75) is 19.9 Å². The molecule has 0 aliphatic heterocycles. The number of methoxy groups -OCH3 is 2. The van der Waals surface area contributed by atoms with Crippen LogP contribution in [0.4, 0.5) is 0 Å². The van der Waals surface area contributed by atoms with Gasteiger partial charge < -0.3 is 18.8 Å². The highest BCUT2D eigenvalue weighted by Gasteiger charge is 2.10. The summed E-state index contributed by atoms with van der Waals surface area (Å²) in [6.45, 7) is 5.03. The first-order valence-corrected chi connectivity index (χ1v) is 8.10. The summed E-state index contributed by atoms with van der Waals surface area (Å²) in [5, 5.41) is 0. The standard InChI is InChI=1S/C19H24N2O4/c1-14(2)21-13-20-12-16(21)6-7-17(22)15-5-8-18(19(11-15)24-4)25-10-9-23-3/h5-8,11-14H,9-10H2,1-4H3/b7-6+.